The zero-order chi connectivity index (χ0) is 12.5. The van der Waals surface area contributed by atoms with Crippen molar-refractivity contribution in [1.82, 2.24) is 9.97 Å². The van der Waals surface area contributed by atoms with Gasteiger partial charge in [-0.25, -0.2) is 4.98 Å². The highest BCUT2D eigenvalue weighted by Crippen LogP contribution is 2.32. The molecule has 1 aliphatic rings. The van der Waals surface area contributed by atoms with Gasteiger partial charge in [-0.3, -0.25) is 0 Å². The van der Waals surface area contributed by atoms with Crippen LogP contribution in [0.3, 0.4) is 0 Å². The number of imidazole rings is 1. The smallest absolute Gasteiger partial charge is 0.139 e. The summed E-state index contributed by atoms with van der Waals surface area (Å²) in [6, 6.07) is 6.49. The molecule has 94 valence electrons. The summed E-state index contributed by atoms with van der Waals surface area (Å²) in [5.74, 6) is 0.996. The van der Waals surface area contributed by atoms with Crippen LogP contribution in [0, 0.1) is 6.92 Å². The van der Waals surface area contributed by atoms with Crippen LogP contribution in [-0.2, 0) is 12.8 Å². The van der Waals surface area contributed by atoms with Gasteiger partial charge in [-0.05, 0) is 37.8 Å². The summed E-state index contributed by atoms with van der Waals surface area (Å²) >= 11 is 0. The lowest BCUT2D eigenvalue weighted by Crippen LogP contribution is -2.12. The van der Waals surface area contributed by atoms with Gasteiger partial charge in [0.1, 0.15) is 5.82 Å². The van der Waals surface area contributed by atoms with Crippen LogP contribution in [0.5, 0.6) is 0 Å². The van der Waals surface area contributed by atoms with E-state index in [4.69, 9.17) is 4.98 Å². The molecule has 1 aromatic heterocycles. The fourth-order valence-corrected chi connectivity index (χ4v) is 2.68. The molecule has 0 saturated carbocycles. The van der Waals surface area contributed by atoms with Crippen molar-refractivity contribution in [2.75, 3.05) is 11.9 Å². The van der Waals surface area contributed by atoms with E-state index in [1.165, 1.54) is 34.6 Å². The number of para-hydroxylation sites is 1. The van der Waals surface area contributed by atoms with Crippen LogP contribution in [-0.4, -0.2) is 16.5 Å². The molecule has 0 fully saturated rings. The van der Waals surface area contributed by atoms with Gasteiger partial charge in [0, 0.05) is 23.5 Å². The average molecular weight is 241 g/mol. The average Bonchev–Trinajstić information content (AvgIpc) is 2.79. The molecule has 3 heteroatoms. The molecule has 0 aliphatic carbocycles. The van der Waals surface area contributed by atoms with Gasteiger partial charge in [-0.15, -0.1) is 0 Å². The second kappa shape index (κ2) is 4.48. The molecule has 2 aromatic rings. The molecule has 1 aliphatic heterocycles. The van der Waals surface area contributed by atoms with Gasteiger partial charge in [0.15, 0.2) is 0 Å². The fraction of sp³-hybridized carbons (Fsp3) is 0.400. The van der Waals surface area contributed by atoms with Crippen molar-refractivity contribution in [3.63, 3.8) is 0 Å². The van der Waals surface area contributed by atoms with Crippen molar-refractivity contribution in [1.29, 1.82) is 0 Å². The van der Waals surface area contributed by atoms with E-state index in [0.29, 0.717) is 0 Å². The van der Waals surface area contributed by atoms with E-state index >= 15 is 0 Å². The highest BCUT2D eigenvalue weighted by atomic mass is 15.0. The molecule has 3 rings (SSSR count). The summed E-state index contributed by atoms with van der Waals surface area (Å²) in [4.78, 5) is 8.12. The van der Waals surface area contributed by atoms with Crippen LogP contribution < -0.4 is 5.32 Å². The molecule has 3 nitrogen and oxygen atoms in total. The van der Waals surface area contributed by atoms with Crippen molar-refractivity contribution >= 4 is 5.69 Å². The number of H-pyrrole nitrogens is 1. The third-order valence-corrected chi connectivity index (χ3v) is 3.65. The van der Waals surface area contributed by atoms with Crippen LogP contribution in [0.1, 0.15) is 30.3 Å². The largest absolute Gasteiger partial charge is 0.384 e. The van der Waals surface area contributed by atoms with Gasteiger partial charge in [-0.1, -0.05) is 19.1 Å². The first-order valence-electron chi connectivity index (χ1n) is 6.71. The summed E-state index contributed by atoms with van der Waals surface area (Å²) in [5.41, 5.74) is 6.22. The van der Waals surface area contributed by atoms with E-state index in [1.807, 2.05) is 0 Å². The molecule has 0 bridgehead atoms. The third-order valence-electron chi connectivity index (χ3n) is 3.65. The number of fused-ring (bicyclic) bond motifs is 1. The van der Waals surface area contributed by atoms with E-state index < -0.39 is 0 Å². The van der Waals surface area contributed by atoms with Crippen LogP contribution >= 0.6 is 0 Å². The van der Waals surface area contributed by atoms with Gasteiger partial charge >= 0.3 is 0 Å². The minimum atomic E-state index is 0.977. The number of aromatic amines is 1. The Bertz CT molecular complexity index is 569. The van der Waals surface area contributed by atoms with Gasteiger partial charge < -0.3 is 10.3 Å². The number of nitrogens with one attached hydrogen (secondary N) is 2. The number of hydrogen-bond donors (Lipinski definition) is 2. The van der Waals surface area contributed by atoms with E-state index in [1.54, 1.807) is 0 Å². The third kappa shape index (κ3) is 1.80. The zero-order valence-electron chi connectivity index (χ0n) is 11.0. The predicted molar refractivity (Wildman–Crippen MR) is 74.9 cm³/mol. The maximum Gasteiger partial charge on any atom is 0.139 e. The SMILES string of the molecule is CCc1nc(-c2cccc3c2NCCC3)[nH]c1C. The lowest BCUT2D eigenvalue weighted by atomic mass is 9.99. The molecule has 0 saturated heterocycles. The van der Waals surface area contributed by atoms with Crippen molar-refractivity contribution in [2.24, 2.45) is 0 Å². The van der Waals surface area contributed by atoms with Crippen LogP contribution in [0.4, 0.5) is 5.69 Å². The lowest BCUT2D eigenvalue weighted by Gasteiger charge is -2.20. The maximum absolute atomic E-state index is 4.71. The molecule has 0 atom stereocenters. The minimum Gasteiger partial charge on any atom is -0.384 e. The predicted octanol–water partition coefficient (Wildman–Crippen LogP) is 3.31. The normalized spacial score (nSPS) is 14.1. The molecule has 1 aromatic carbocycles. The second-order valence-corrected chi connectivity index (χ2v) is 4.88. The molecular formula is C15H19N3. The van der Waals surface area contributed by atoms with Gasteiger partial charge in [0.05, 0.1) is 5.69 Å². The minimum absolute atomic E-state index is 0.977. The Morgan fingerprint density at radius 2 is 2.22 bits per heavy atom. The van der Waals surface area contributed by atoms with Gasteiger partial charge in [0.25, 0.3) is 0 Å². The maximum atomic E-state index is 4.71. The van der Waals surface area contributed by atoms with E-state index in [9.17, 15) is 0 Å². The van der Waals surface area contributed by atoms with Gasteiger partial charge in [-0.2, -0.15) is 0 Å². The number of rotatable bonds is 2. The number of nitrogens with zero attached hydrogens (tertiary/aromatic N) is 1. The first-order valence-corrected chi connectivity index (χ1v) is 6.71. The Hall–Kier alpha value is -1.77. The van der Waals surface area contributed by atoms with E-state index in [2.05, 4.69) is 42.3 Å². The highest BCUT2D eigenvalue weighted by molar-refractivity contribution is 5.77. The van der Waals surface area contributed by atoms with Gasteiger partial charge in [0.2, 0.25) is 0 Å². The lowest BCUT2D eigenvalue weighted by molar-refractivity contribution is 0.830. The van der Waals surface area contributed by atoms with Crippen molar-refractivity contribution in [2.45, 2.75) is 33.1 Å². The molecule has 0 spiro atoms. The summed E-state index contributed by atoms with van der Waals surface area (Å²) < 4.78 is 0. The molecule has 0 unspecified atom stereocenters. The first-order chi connectivity index (χ1) is 8.79. The quantitative estimate of drug-likeness (QED) is 0.847. The Morgan fingerprint density at radius 3 is 3.00 bits per heavy atom. The molecule has 18 heavy (non-hydrogen) atoms. The summed E-state index contributed by atoms with van der Waals surface area (Å²) in [6.45, 7) is 5.30. The van der Waals surface area contributed by atoms with E-state index in [-0.39, 0.29) is 0 Å². The molecule has 0 radical (unpaired) electrons. The van der Waals surface area contributed by atoms with Crippen LogP contribution in [0.2, 0.25) is 0 Å². The standard InChI is InChI=1S/C15H19N3/c1-3-13-10(2)17-15(18-13)12-8-4-6-11-7-5-9-16-14(11)12/h4,6,8,16H,3,5,7,9H2,1-2H3,(H,17,18). The molecule has 0 amide bonds. The topological polar surface area (TPSA) is 40.7 Å². The Morgan fingerprint density at radius 1 is 1.33 bits per heavy atom. The molecule has 2 N–H and O–H groups in total. The Kier molecular flexibility index (Phi) is 2.82. The monoisotopic (exact) mass is 241 g/mol. The number of aryl methyl sites for hydroxylation is 3. The van der Waals surface area contributed by atoms with Crippen molar-refractivity contribution in [3.8, 4) is 11.4 Å². The van der Waals surface area contributed by atoms with Crippen molar-refractivity contribution < 1.29 is 0 Å². The number of aromatic nitrogens is 2. The molecule has 2 heterocycles. The summed E-state index contributed by atoms with van der Waals surface area (Å²) in [6.07, 6.45) is 3.36. The first kappa shape index (κ1) is 11.3. The number of hydrogen-bond acceptors (Lipinski definition) is 2. The second-order valence-electron chi connectivity index (χ2n) is 4.88. The van der Waals surface area contributed by atoms with E-state index in [0.717, 1.165) is 25.2 Å². The summed E-state index contributed by atoms with van der Waals surface area (Å²) in [7, 11) is 0. The summed E-state index contributed by atoms with van der Waals surface area (Å²) in [5, 5.41) is 3.52. The zero-order valence-corrected chi connectivity index (χ0v) is 11.0. The number of benzene rings is 1. The fourth-order valence-electron chi connectivity index (χ4n) is 2.68. The Balaban J connectivity index is 2.10. The van der Waals surface area contributed by atoms with Crippen LogP contribution in [0.15, 0.2) is 18.2 Å². The van der Waals surface area contributed by atoms with Crippen molar-refractivity contribution in [3.05, 3.63) is 35.2 Å². The van der Waals surface area contributed by atoms with Crippen LogP contribution in [0.25, 0.3) is 11.4 Å². The Labute approximate surface area is 108 Å². The molecular weight excluding hydrogens is 222 g/mol. The highest BCUT2D eigenvalue weighted by Gasteiger charge is 2.16. The number of anilines is 1.